The molecule has 0 radical (unpaired) electrons. The summed E-state index contributed by atoms with van der Waals surface area (Å²) in [6.45, 7) is 13.7. The zero-order valence-corrected chi connectivity index (χ0v) is 55.4. The van der Waals surface area contributed by atoms with Gasteiger partial charge in [-0.3, -0.25) is 19.9 Å². The van der Waals surface area contributed by atoms with E-state index < -0.39 is 45.2 Å². The molecule has 0 spiro atoms. The Kier molecular flexibility index (Phi) is 18.1. The average molecular weight is 1290 g/mol. The fourth-order valence-electron chi connectivity index (χ4n) is 17.9. The molecule has 16 rings (SSSR count). The van der Waals surface area contributed by atoms with E-state index in [4.69, 9.17) is 47.4 Å². The van der Waals surface area contributed by atoms with E-state index in [9.17, 15) is 23.6 Å². The van der Waals surface area contributed by atoms with Crippen LogP contribution in [0.1, 0.15) is 139 Å². The quantitative estimate of drug-likeness (QED) is 0.0710. The largest absolute Gasteiger partial charge is 0.455 e. The van der Waals surface area contributed by atoms with Crippen LogP contribution in [0.15, 0.2) is 132 Å². The van der Waals surface area contributed by atoms with Crippen LogP contribution in [0.3, 0.4) is 0 Å². The van der Waals surface area contributed by atoms with Gasteiger partial charge in [0.05, 0.1) is 59.9 Å². The maximum Gasteiger partial charge on any atom is 0.337 e. The van der Waals surface area contributed by atoms with Crippen molar-refractivity contribution in [3.8, 4) is 0 Å². The van der Waals surface area contributed by atoms with Crippen molar-refractivity contribution in [2.75, 3.05) is 34.0 Å². The Morgan fingerprint density at radius 1 is 0.500 bits per heavy atom. The highest BCUT2D eigenvalue weighted by atomic mass is 19.1. The molecular formula is C75H89FN4O14. The van der Waals surface area contributed by atoms with Gasteiger partial charge in [0.1, 0.15) is 52.5 Å². The summed E-state index contributed by atoms with van der Waals surface area (Å²) in [7, 11) is 3.38. The predicted molar refractivity (Wildman–Crippen MR) is 342 cm³/mol. The Morgan fingerprint density at radius 2 is 0.968 bits per heavy atom. The Bertz CT molecular complexity index is 3640. The molecule has 4 unspecified atom stereocenters. The first-order chi connectivity index (χ1) is 45.1. The van der Waals surface area contributed by atoms with Gasteiger partial charge in [-0.15, -0.1) is 0 Å². The number of aromatic nitrogens is 4. The standard InChI is InChI=1S/2C19H23NO4.C19H23NO3.C18H20FNO3/c1-12-4-5-13(10-20-12)11-23-19-14-6-7-16(19)24-17(21)15(19)9-18(2,8-14)22-3;1-18(22-2)10-14-5-6-16-19(14,15(11-18)17(21)24-16)23-9-7-13-4-3-8-20-12-13;1-12-10-14-6-7-17-19(14,16(11-12)18(21)23-17)22-9-8-15-5-3-4-13(2)20-15;1-17(19)9-13-4-5-15-18(13,14(10-17)16(21)23-15)22-8-6-12-3-2-7-20-11-12/h4-5,9-10,14,16H,6-8,11H2,1-3H3;3-4,8,11-12,14,16H,5-7,9-10H2,1-2H3;3-5,11-12,14,17H,6-10H2,1-2H3;2-3,7,10-11,13,15H,4-6,8-9H2,1H3/t2*14?,16-,18+,19+;12-,14?,17+,19-;13?,15-,17+,18+/m1101/s1. The average Bonchev–Trinajstić information content (AvgIpc) is 1.68. The summed E-state index contributed by atoms with van der Waals surface area (Å²) in [5.74, 6) is 0.246. The second-order valence-corrected chi connectivity index (χ2v) is 28.6. The van der Waals surface area contributed by atoms with Crippen LogP contribution in [0.4, 0.5) is 4.39 Å². The molecule has 94 heavy (non-hydrogen) atoms. The number of nitrogens with zero attached hydrogens (tertiary/aromatic N) is 4. The number of rotatable bonds is 17. The fraction of sp³-hybridized carbons (Fsp3) is 0.573. The minimum absolute atomic E-state index is 0.00264. The van der Waals surface area contributed by atoms with Gasteiger partial charge in [0.25, 0.3) is 0 Å². The fourth-order valence-corrected chi connectivity index (χ4v) is 17.9. The second-order valence-electron chi connectivity index (χ2n) is 28.6. The molecule has 8 heterocycles. The van der Waals surface area contributed by atoms with E-state index in [1.807, 2.05) is 113 Å². The predicted octanol–water partition coefficient (Wildman–Crippen LogP) is 10.9. The van der Waals surface area contributed by atoms with Crippen molar-refractivity contribution in [1.29, 1.82) is 0 Å². The summed E-state index contributed by atoms with van der Waals surface area (Å²) in [5, 5.41) is 0. The highest BCUT2D eigenvalue weighted by molar-refractivity contribution is 5.96. The minimum atomic E-state index is -1.46. The number of carbonyl (C=O) groups is 4. The maximum absolute atomic E-state index is 14.5. The first-order valence-electron chi connectivity index (χ1n) is 33.9. The van der Waals surface area contributed by atoms with Gasteiger partial charge in [0, 0.05) is 68.7 Å². The molecule has 500 valence electrons. The Morgan fingerprint density at radius 3 is 1.45 bits per heavy atom. The third-order valence-corrected chi connectivity index (χ3v) is 22.3. The van der Waals surface area contributed by atoms with Crippen molar-refractivity contribution in [2.24, 2.45) is 29.6 Å². The van der Waals surface area contributed by atoms with Crippen LogP contribution in [0, 0.1) is 43.4 Å². The molecule has 8 aliphatic carbocycles. The number of ether oxygens (including phenoxy) is 10. The number of pyridine rings is 4. The van der Waals surface area contributed by atoms with Crippen molar-refractivity contribution in [3.05, 3.63) is 166 Å². The van der Waals surface area contributed by atoms with E-state index in [0.29, 0.717) is 67.8 Å². The van der Waals surface area contributed by atoms with Crippen molar-refractivity contribution in [3.63, 3.8) is 0 Å². The molecule has 0 amide bonds. The van der Waals surface area contributed by atoms with Crippen LogP contribution in [0.2, 0.25) is 0 Å². The molecule has 12 aliphatic rings. The molecule has 8 fully saturated rings. The molecule has 0 bridgehead atoms. The van der Waals surface area contributed by atoms with Gasteiger partial charge in [-0.1, -0.05) is 37.3 Å². The third kappa shape index (κ3) is 12.0. The number of allylic oxidation sites excluding steroid dienone is 2. The Hall–Kier alpha value is -6.87. The SMILES string of the molecule is CO[C@]1(C)C=C2C(=O)O[C@@H]3CCC(C1)[C@]23OCCc1cccnc1.CO[C@]1(C)C=C2C(=O)O[C@@H]3CCC(C1)[C@]23OCc1ccc(C)nc1.C[C@@]1(F)C=C2C(=O)O[C@@H]3CCC(C1)[C@]23OCCc1cccnc1.Cc1cccc(CCO[C@]23C4=C[C@@H](C)CC2CC[C@H]3OC4=O)n1. The monoisotopic (exact) mass is 1290 g/mol. The Labute approximate surface area is 550 Å². The first kappa shape index (κ1) is 65.8. The van der Waals surface area contributed by atoms with Crippen LogP contribution in [0.5, 0.6) is 0 Å². The van der Waals surface area contributed by atoms with E-state index in [2.05, 4.69) is 32.9 Å². The number of hydrogen-bond donors (Lipinski definition) is 0. The van der Waals surface area contributed by atoms with E-state index in [1.165, 1.54) is 13.0 Å². The van der Waals surface area contributed by atoms with Gasteiger partial charge >= 0.3 is 23.9 Å². The van der Waals surface area contributed by atoms with Crippen LogP contribution in [-0.2, 0) is 92.4 Å². The summed E-state index contributed by atoms with van der Waals surface area (Å²) in [5.41, 5.74) is 3.97. The van der Waals surface area contributed by atoms with Crippen molar-refractivity contribution < 1.29 is 70.9 Å². The van der Waals surface area contributed by atoms with Gasteiger partial charge in [-0.05, 0) is 219 Å². The summed E-state index contributed by atoms with van der Waals surface area (Å²) in [6, 6.07) is 17.9. The third-order valence-electron chi connectivity index (χ3n) is 22.3. The van der Waals surface area contributed by atoms with Crippen LogP contribution >= 0.6 is 0 Å². The van der Waals surface area contributed by atoms with Gasteiger partial charge in [-0.2, -0.15) is 0 Å². The summed E-state index contributed by atoms with van der Waals surface area (Å²) in [4.78, 5) is 66.3. The summed E-state index contributed by atoms with van der Waals surface area (Å²) < 4.78 is 73.7. The first-order valence-corrected chi connectivity index (χ1v) is 33.9. The Balaban J connectivity index is 0.000000114. The molecule has 4 aromatic rings. The topological polar surface area (TPSA) is 212 Å². The molecular weight excluding hydrogens is 1200 g/mol. The molecule has 16 atom stereocenters. The molecule has 4 aromatic heterocycles. The number of hydrogen-bond acceptors (Lipinski definition) is 18. The van der Waals surface area contributed by atoms with Gasteiger partial charge in [0.15, 0.2) is 0 Å². The lowest BCUT2D eigenvalue weighted by Crippen LogP contribution is -2.51. The number of aryl methyl sites for hydroxylation is 2. The summed E-state index contributed by atoms with van der Waals surface area (Å²) in [6.07, 6.45) is 28.4. The van der Waals surface area contributed by atoms with E-state index in [0.717, 1.165) is 123 Å². The highest BCUT2D eigenvalue weighted by Crippen LogP contribution is 2.60. The van der Waals surface area contributed by atoms with E-state index >= 15 is 0 Å². The molecule has 0 N–H and O–H groups in total. The number of methoxy groups -OCH3 is 2. The molecule has 18 nitrogen and oxygen atoms in total. The number of alkyl halides is 1. The van der Waals surface area contributed by atoms with Crippen LogP contribution < -0.4 is 0 Å². The van der Waals surface area contributed by atoms with Gasteiger partial charge in [0.2, 0.25) is 0 Å². The highest BCUT2D eigenvalue weighted by Gasteiger charge is 2.69. The zero-order chi connectivity index (χ0) is 65.8. The van der Waals surface area contributed by atoms with E-state index in [1.54, 1.807) is 26.6 Å². The van der Waals surface area contributed by atoms with Crippen molar-refractivity contribution in [2.45, 2.75) is 208 Å². The molecule has 0 aromatic carbocycles. The maximum atomic E-state index is 14.5. The van der Waals surface area contributed by atoms with Gasteiger partial charge in [-0.25, -0.2) is 23.6 Å². The second kappa shape index (κ2) is 25.9. The van der Waals surface area contributed by atoms with Crippen molar-refractivity contribution in [1.82, 2.24) is 19.9 Å². The molecule has 19 heteroatoms. The van der Waals surface area contributed by atoms with E-state index in [-0.39, 0.29) is 60.1 Å². The molecule has 4 aliphatic heterocycles. The number of carbonyl (C=O) groups excluding carboxylic acids is 4. The lowest BCUT2D eigenvalue weighted by molar-refractivity contribution is -0.143. The summed E-state index contributed by atoms with van der Waals surface area (Å²) >= 11 is 0. The minimum Gasteiger partial charge on any atom is -0.455 e. The lowest BCUT2D eigenvalue weighted by atomic mass is 9.71. The number of halogens is 1. The van der Waals surface area contributed by atoms with Gasteiger partial charge < -0.3 is 47.4 Å². The normalized spacial score (nSPS) is 36.8. The number of esters is 4. The lowest BCUT2D eigenvalue weighted by Gasteiger charge is -2.42. The zero-order valence-electron chi connectivity index (χ0n) is 55.4. The molecule has 4 saturated carbocycles. The smallest absolute Gasteiger partial charge is 0.337 e. The van der Waals surface area contributed by atoms with Crippen molar-refractivity contribution >= 4 is 23.9 Å². The van der Waals surface area contributed by atoms with Crippen LogP contribution in [-0.4, -0.2) is 142 Å². The van der Waals surface area contributed by atoms with Crippen LogP contribution in [0.25, 0.3) is 0 Å². The molecule has 4 saturated heterocycles.